The average molecular weight is 351 g/mol. The van der Waals surface area contributed by atoms with Crippen LogP contribution in [0.25, 0.3) is 0 Å². The van der Waals surface area contributed by atoms with E-state index in [0.717, 1.165) is 31.3 Å². The Hall–Kier alpha value is -1.44. The molecule has 0 bridgehead atoms. The van der Waals surface area contributed by atoms with Gasteiger partial charge in [0.1, 0.15) is 13.2 Å². The van der Waals surface area contributed by atoms with Gasteiger partial charge in [-0.2, -0.15) is 0 Å². The highest BCUT2D eigenvalue weighted by Crippen LogP contribution is 2.21. The minimum Gasteiger partial charge on any atom is -0.457 e. The van der Waals surface area contributed by atoms with Gasteiger partial charge in [0.05, 0.1) is 5.60 Å². The van der Waals surface area contributed by atoms with Gasteiger partial charge in [-0.05, 0) is 45.1 Å². The number of terminal acetylenes is 1. The van der Waals surface area contributed by atoms with E-state index < -0.39 is 0 Å². The van der Waals surface area contributed by atoms with Gasteiger partial charge in [0.2, 0.25) is 0 Å². The minimum atomic E-state index is -0.361. The molecule has 0 rings (SSSR count). The van der Waals surface area contributed by atoms with Crippen LogP contribution in [0.15, 0.2) is 23.8 Å². The van der Waals surface area contributed by atoms with Crippen LogP contribution in [0.5, 0.6) is 0 Å². The van der Waals surface area contributed by atoms with Crippen LogP contribution in [-0.2, 0) is 14.3 Å². The highest BCUT2D eigenvalue weighted by Gasteiger charge is 2.17. The fraction of sp³-hybridized carbons (Fsp3) is 0.600. The Morgan fingerprint density at radius 3 is 2.75 bits per heavy atom. The molecule has 0 aliphatic heterocycles. The smallest absolute Gasteiger partial charge is 0.331 e. The molecule has 0 spiro atoms. The van der Waals surface area contributed by atoms with E-state index in [4.69, 9.17) is 15.9 Å². The number of rotatable bonds is 12. The third-order valence-corrected chi connectivity index (χ3v) is 3.72. The summed E-state index contributed by atoms with van der Waals surface area (Å²) in [5, 5.41) is 1.39. The number of hydrogen-bond acceptors (Lipinski definition) is 4. The van der Waals surface area contributed by atoms with E-state index in [0.29, 0.717) is 12.5 Å². The van der Waals surface area contributed by atoms with Crippen molar-refractivity contribution < 1.29 is 14.3 Å². The minimum absolute atomic E-state index is 0.163. The molecule has 24 heavy (non-hydrogen) atoms. The van der Waals surface area contributed by atoms with Crippen molar-refractivity contribution >= 4 is 23.6 Å². The zero-order valence-corrected chi connectivity index (χ0v) is 16.2. The van der Waals surface area contributed by atoms with Gasteiger partial charge in [0, 0.05) is 11.4 Å². The maximum Gasteiger partial charge on any atom is 0.331 e. The van der Waals surface area contributed by atoms with Crippen LogP contribution in [0.4, 0.5) is 0 Å². The van der Waals surface area contributed by atoms with E-state index in [1.807, 2.05) is 13.0 Å². The monoisotopic (exact) mass is 350 g/mol. The summed E-state index contributed by atoms with van der Waals surface area (Å²) in [6.07, 6.45) is 15.0. The number of carbonyl (C=O) groups is 1. The first-order valence-electron chi connectivity index (χ1n) is 8.33. The first-order valence-corrected chi connectivity index (χ1v) is 8.80. The largest absolute Gasteiger partial charge is 0.457 e. The molecule has 0 saturated carbocycles. The standard InChI is InChI=1S/C20H30O3S/c1-6-13-23-20(4,5)12-8-11-17(2)9-7-10-18(3)16-19(21)22-14-15-24/h1,7,10,15-17H,8-9,11-14H2,2-5H3. The van der Waals surface area contributed by atoms with E-state index >= 15 is 0 Å². The van der Waals surface area contributed by atoms with E-state index in [1.54, 1.807) is 0 Å². The second kappa shape index (κ2) is 12.9. The Morgan fingerprint density at radius 1 is 1.42 bits per heavy atom. The Morgan fingerprint density at radius 2 is 2.12 bits per heavy atom. The second-order valence-electron chi connectivity index (χ2n) is 6.57. The van der Waals surface area contributed by atoms with Crippen LogP contribution in [0.2, 0.25) is 0 Å². The molecule has 4 heteroatoms. The van der Waals surface area contributed by atoms with Crippen LogP contribution in [0, 0.1) is 18.3 Å². The molecule has 0 amide bonds. The Bertz CT molecular complexity index is 484. The van der Waals surface area contributed by atoms with Crippen molar-refractivity contribution in [1.29, 1.82) is 0 Å². The van der Waals surface area contributed by atoms with E-state index in [-0.39, 0.29) is 18.2 Å². The molecule has 1 unspecified atom stereocenters. The fourth-order valence-electron chi connectivity index (χ4n) is 2.18. The lowest BCUT2D eigenvalue weighted by atomic mass is 9.94. The van der Waals surface area contributed by atoms with E-state index in [2.05, 4.69) is 45.0 Å². The number of esters is 1. The molecule has 0 N–H and O–H groups in total. The predicted molar refractivity (Wildman–Crippen MR) is 104 cm³/mol. The highest BCUT2D eigenvalue weighted by atomic mass is 32.1. The average Bonchev–Trinajstić information content (AvgIpc) is 2.50. The fourth-order valence-corrected chi connectivity index (χ4v) is 2.25. The molecular formula is C20H30O3S. The molecular weight excluding hydrogens is 320 g/mol. The van der Waals surface area contributed by atoms with Crippen LogP contribution < -0.4 is 0 Å². The molecule has 0 fully saturated rings. The molecule has 0 aromatic carbocycles. The van der Waals surface area contributed by atoms with Crippen molar-refractivity contribution in [3.05, 3.63) is 23.8 Å². The summed E-state index contributed by atoms with van der Waals surface area (Å²) in [4.78, 5) is 11.4. The lowest BCUT2D eigenvalue weighted by Gasteiger charge is -2.24. The van der Waals surface area contributed by atoms with Crippen molar-refractivity contribution in [1.82, 2.24) is 0 Å². The molecule has 0 aromatic rings. The van der Waals surface area contributed by atoms with Crippen molar-refractivity contribution in [2.45, 2.75) is 59.0 Å². The number of hydrogen-bond donors (Lipinski definition) is 0. The number of thiocarbonyl (C=S) groups is 1. The van der Waals surface area contributed by atoms with Crippen molar-refractivity contribution in [3.8, 4) is 12.3 Å². The number of carbonyl (C=O) groups excluding carboxylic acids is 1. The molecule has 0 radical (unpaired) electrons. The lowest BCUT2D eigenvalue weighted by molar-refractivity contribution is -0.136. The van der Waals surface area contributed by atoms with Gasteiger partial charge < -0.3 is 9.47 Å². The van der Waals surface area contributed by atoms with Gasteiger partial charge in [0.25, 0.3) is 0 Å². The maximum absolute atomic E-state index is 11.4. The second-order valence-corrected chi connectivity index (χ2v) is 6.91. The quantitative estimate of drug-likeness (QED) is 0.169. The van der Waals surface area contributed by atoms with Gasteiger partial charge >= 0.3 is 5.97 Å². The van der Waals surface area contributed by atoms with Crippen LogP contribution in [0.3, 0.4) is 0 Å². The van der Waals surface area contributed by atoms with Gasteiger partial charge in [-0.15, -0.1) is 6.42 Å². The molecule has 1 atom stereocenters. The molecule has 0 saturated heterocycles. The summed E-state index contributed by atoms with van der Waals surface area (Å²) >= 11 is 4.61. The van der Waals surface area contributed by atoms with Gasteiger partial charge in [-0.3, -0.25) is 0 Å². The lowest BCUT2D eigenvalue weighted by Crippen LogP contribution is -2.24. The maximum atomic E-state index is 11.4. The molecule has 0 aliphatic carbocycles. The van der Waals surface area contributed by atoms with Gasteiger partial charge in [-0.25, -0.2) is 4.79 Å². The molecule has 3 nitrogen and oxygen atoms in total. The van der Waals surface area contributed by atoms with Crippen molar-refractivity contribution in [2.24, 2.45) is 5.92 Å². The third-order valence-electron chi connectivity index (χ3n) is 3.58. The zero-order chi connectivity index (χ0) is 18.4. The summed E-state index contributed by atoms with van der Waals surface area (Å²) < 4.78 is 10.5. The van der Waals surface area contributed by atoms with Crippen LogP contribution in [0.1, 0.15) is 53.4 Å². The zero-order valence-electron chi connectivity index (χ0n) is 15.3. The number of allylic oxidation sites excluding steroid dienone is 3. The van der Waals surface area contributed by atoms with Gasteiger partial charge in [-0.1, -0.05) is 50.1 Å². The topological polar surface area (TPSA) is 35.5 Å². The van der Waals surface area contributed by atoms with Crippen molar-refractivity contribution in [3.63, 3.8) is 0 Å². The Balaban J connectivity index is 4.06. The number of ether oxygens (including phenoxy) is 2. The molecule has 0 heterocycles. The third kappa shape index (κ3) is 13.0. The summed E-state index contributed by atoms with van der Waals surface area (Å²) in [5.74, 6) is 2.73. The summed E-state index contributed by atoms with van der Waals surface area (Å²) in [6, 6.07) is 0. The van der Waals surface area contributed by atoms with Crippen molar-refractivity contribution in [2.75, 3.05) is 13.2 Å². The predicted octanol–water partition coefficient (Wildman–Crippen LogP) is 4.66. The Kier molecular flexibility index (Phi) is 12.1. The molecule has 0 aromatic heterocycles. The summed E-state index contributed by atoms with van der Waals surface area (Å²) in [5.41, 5.74) is 0.713. The van der Waals surface area contributed by atoms with E-state index in [9.17, 15) is 4.79 Å². The summed E-state index contributed by atoms with van der Waals surface area (Å²) in [6.45, 7) is 8.79. The van der Waals surface area contributed by atoms with Gasteiger partial charge in [0.15, 0.2) is 0 Å². The normalized spacial score (nSPS) is 13.5. The summed E-state index contributed by atoms with van der Waals surface area (Å²) in [7, 11) is 0. The first-order chi connectivity index (χ1) is 11.3. The van der Waals surface area contributed by atoms with Crippen LogP contribution >= 0.6 is 12.2 Å². The Labute approximate surface area is 152 Å². The molecule has 134 valence electrons. The highest BCUT2D eigenvalue weighted by molar-refractivity contribution is 7.79. The van der Waals surface area contributed by atoms with E-state index in [1.165, 1.54) is 11.4 Å². The first kappa shape index (κ1) is 22.6. The molecule has 0 aliphatic rings. The van der Waals surface area contributed by atoms with Crippen LogP contribution in [-0.4, -0.2) is 30.2 Å². The SMILES string of the molecule is C#CCOC(C)(C)CCCC(C)CC=CC(C)=CC(=O)OCC=S.